The maximum Gasteiger partial charge on any atom is 0.326 e. The number of carbonyl (C=O) groups excluding carboxylic acids is 4. The summed E-state index contributed by atoms with van der Waals surface area (Å²) in [7, 11) is 0. The Morgan fingerprint density at radius 3 is 1.93 bits per heavy atom. The van der Waals surface area contributed by atoms with Crippen LogP contribution in [0.15, 0.2) is 0 Å². The number of carboxylic acids is 1. The average molecular weight is 401 g/mol. The quantitative estimate of drug-likeness (QED) is 0.219. The van der Waals surface area contributed by atoms with Gasteiger partial charge in [-0.1, -0.05) is 27.7 Å². The van der Waals surface area contributed by atoms with Crippen molar-refractivity contribution in [3.05, 3.63) is 0 Å². The summed E-state index contributed by atoms with van der Waals surface area (Å²) >= 11 is 0. The summed E-state index contributed by atoms with van der Waals surface area (Å²) in [6.45, 7) is 6.77. The first kappa shape index (κ1) is 25.3. The SMILES string of the molecule is CC(C)CC(NC(=O)CNC(=O)C(N)C(C)C)C(=O)NC(CC(N)=O)C(=O)O. The molecule has 28 heavy (non-hydrogen) atoms. The van der Waals surface area contributed by atoms with E-state index in [0.29, 0.717) is 0 Å². The van der Waals surface area contributed by atoms with Crippen molar-refractivity contribution < 1.29 is 29.1 Å². The highest BCUT2D eigenvalue weighted by atomic mass is 16.4. The van der Waals surface area contributed by atoms with Crippen molar-refractivity contribution >= 4 is 29.6 Å². The standard InChI is InChI=1S/C17H31N5O6/c1-8(2)5-10(15(25)22-11(17(27)28)6-12(18)23)21-13(24)7-20-16(26)14(19)9(3)4/h8-11,14H,5-7,19H2,1-4H3,(H2,18,23)(H,20,26)(H,21,24)(H,22,25)(H,27,28). The molecule has 8 N–H and O–H groups in total. The molecule has 0 aliphatic rings. The summed E-state index contributed by atoms with van der Waals surface area (Å²) in [6, 6.07) is -3.31. The van der Waals surface area contributed by atoms with Crippen molar-refractivity contribution in [3.63, 3.8) is 0 Å². The van der Waals surface area contributed by atoms with E-state index in [0.717, 1.165) is 0 Å². The number of rotatable bonds is 12. The number of hydrogen-bond donors (Lipinski definition) is 6. The molecular formula is C17H31N5O6. The number of nitrogens with one attached hydrogen (secondary N) is 3. The van der Waals surface area contributed by atoms with Crippen LogP contribution in [0.3, 0.4) is 0 Å². The number of carboxylic acid groups (broad SMARTS) is 1. The van der Waals surface area contributed by atoms with Crippen LogP contribution in [0, 0.1) is 11.8 Å². The second-order valence-electron chi connectivity index (χ2n) is 7.31. The van der Waals surface area contributed by atoms with Crippen LogP contribution < -0.4 is 27.4 Å². The Hall–Kier alpha value is -2.69. The molecule has 0 saturated heterocycles. The van der Waals surface area contributed by atoms with Crippen LogP contribution in [0.4, 0.5) is 0 Å². The molecule has 160 valence electrons. The molecule has 0 spiro atoms. The van der Waals surface area contributed by atoms with Crippen molar-refractivity contribution in [3.8, 4) is 0 Å². The molecule has 4 amide bonds. The van der Waals surface area contributed by atoms with Gasteiger partial charge in [-0.15, -0.1) is 0 Å². The lowest BCUT2D eigenvalue weighted by Crippen LogP contribution is -2.54. The average Bonchev–Trinajstić information content (AvgIpc) is 2.56. The zero-order valence-corrected chi connectivity index (χ0v) is 16.7. The van der Waals surface area contributed by atoms with Gasteiger partial charge in [0.25, 0.3) is 0 Å². The number of nitrogens with two attached hydrogens (primary N) is 2. The first-order chi connectivity index (χ1) is 12.8. The maximum atomic E-state index is 12.4. The normalized spacial score (nSPS) is 14.1. The Labute approximate surface area is 164 Å². The van der Waals surface area contributed by atoms with Gasteiger partial charge in [0.15, 0.2) is 0 Å². The number of amides is 4. The summed E-state index contributed by atoms with van der Waals surface area (Å²) in [5.74, 6) is -4.31. The van der Waals surface area contributed by atoms with Crippen molar-refractivity contribution in [2.45, 2.75) is 58.7 Å². The molecule has 11 heteroatoms. The van der Waals surface area contributed by atoms with E-state index in [1.165, 1.54) is 0 Å². The topological polar surface area (TPSA) is 194 Å². The lowest BCUT2D eigenvalue weighted by molar-refractivity contribution is -0.143. The second kappa shape index (κ2) is 11.9. The molecule has 11 nitrogen and oxygen atoms in total. The third-order valence-corrected chi connectivity index (χ3v) is 3.82. The Morgan fingerprint density at radius 2 is 1.50 bits per heavy atom. The van der Waals surface area contributed by atoms with E-state index in [1.54, 1.807) is 13.8 Å². The number of aliphatic carboxylic acids is 1. The van der Waals surface area contributed by atoms with E-state index >= 15 is 0 Å². The Bertz CT molecular complexity index is 593. The predicted octanol–water partition coefficient (Wildman–Crippen LogP) is -1.94. The van der Waals surface area contributed by atoms with Crippen LogP contribution in [0.5, 0.6) is 0 Å². The fourth-order valence-corrected chi connectivity index (χ4v) is 2.21. The van der Waals surface area contributed by atoms with Gasteiger partial charge in [0.1, 0.15) is 12.1 Å². The van der Waals surface area contributed by atoms with Gasteiger partial charge in [0.2, 0.25) is 23.6 Å². The van der Waals surface area contributed by atoms with Crippen LogP contribution in [-0.4, -0.2) is 59.4 Å². The third-order valence-electron chi connectivity index (χ3n) is 3.82. The first-order valence-corrected chi connectivity index (χ1v) is 8.99. The van der Waals surface area contributed by atoms with E-state index in [-0.39, 0.29) is 24.8 Å². The summed E-state index contributed by atoms with van der Waals surface area (Å²) < 4.78 is 0. The van der Waals surface area contributed by atoms with Gasteiger partial charge in [-0.25, -0.2) is 4.79 Å². The van der Waals surface area contributed by atoms with Crippen LogP contribution in [0.1, 0.15) is 40.5 Å². The van der Waals surface area contributed by atoms with Crippen LogP contribution >= 0.6 is 0 Å². The van der Waals surface area contributed by atoms with E-state index in [9.17, 15) is 24.0 Å². The first-order valence-electron chi connectivity index (χ1n) is 8.99. The second-order valence-corrected chi connectivity index (χ2v) is 7.31. The number of primary amides is 1. The smallest absolute Gasteiger partial charge is 0.326 e. The fraction of sp³-hybridized carbons (Fsp3) is 0.706. The van der Waals surface area contributed by atoms with Gasteiger partial charge in [0, 0.05) is 0 Å². The molecule has 0 aromatic rings. The predicted molar refractivity (Wildman–Crippen MR) is 101 cm³/mol. The Morgan fingerprint density at radius 1 is 0.929 bits per heavy atom. The van der Waals surface area contributed by atoms with Crippen molar-refractivity contribution in [2.75, 3.05) is 6.54 Å². The minimum absolute atomic E-state index is 0.000534. The zero-order valence-electron chi connectivity index (χ0n) is 16.7. The lowest BCUT2D eigenvalue weighted by Gasteiger charge is -2.22. The van der Waals surface area contributed by atoms with E-state index < -0.39 is 54.1 Å². The van der Waals surface area contributed by atoms with E-state index in [2.05, 4.69) is 16.0 Å². The Balaban J connectivity index is 4.94. The van der Waals surface area contributed by atoms with Gasteiger partial charge in [-0.05, 0) is 18.3 Å². The van der Waals surface area contributed by atoms with Gasteiger partial charge >= 0.3 is 5.97 Å². The molecule has 0 saturated carbocycles. The highest BCUT2D eigenvalue weighted by Crippen LogP contribution is 2.06. The van der Waals surface area contributed by atoms with Crippen molar-refractivity contribution in [2.24, 2.45) is 23.3 Å². The molecular weight excluding hydrogens is 370 g/mol. The number of hydrogen-bond acceptors (Lipinski definition) is 6. The maximum absolute atomic E-state index is 12.4. The van der Waals surface area contributed by atoms with Gasteiger partial charge in [0.05, 0.1) is 19.0 Å². The van der Waals surface area contributed by atoms with Crippen LogP contribution in [0.25, 0.3) is 0 Å². The molecule has 3 unspecified atom stereocenters. The minimum atomic E-state index is -1.50. The summed E-state index contributed by atoms with van der Waals surface area (Å²) in [5, 5.41) is 16.1. The molecule has 0 radical (unpaired) electrons. The van der Waals surface area contributed by atoms with Gasteiger partial charge in [-0.2, -0.15) is 0 Å². The van der Waals surface area contributed by atoms with Gasteiger partial charge < -0.3 is 32.5 Å². The molecule has 3 atom stereocenters. The largest absolute Gasteiger partial charge is 0.480 e. The molecule has 0 heterocycles. The molecule has 0 aliphatic heterocycles. The third kappa shape index (κ3) is 9.86. The molecule has 0 bridgehead atoms. The molecule has 0 aliphatic carbocycles. The molecule has 0 aromatic heterocycles. The molecule has 0 fully saturated rings. The summed E-state index contributed by atoms with van der Waals surface area (Å²) in [6.07, 6.45) is -0.355. The molecule has 0 aromatic carbocycles. The monoisotopic (exact) mass is 401 g/mol. The Kier molecular flexibility index (Phi) is 10.8. The summed E-state index contributed by atoms with van der Waals surface area (Å²) in [5.41, 5.74) is 10.7. The fourth-order valence-electron chi connectivity index (χ4n) is 2.21. The van der Waals surface area contributed by atoms with E-state index in [4.69, 9.17) is 16.6 Å². The number of carbonyl (C=O) groups is 5. The van der Waals surface area contributed by atoms with Crippen LogP contribution in [-0.2, 0) is 24.0 Å². The zero-order chi connectivity index (χ0) is 22.0. The summed E-state index contributed by atoms with van der Waals surface area (Å²) in [4.78, 5) is 58.4. The van der Waals surface area contributed by atoms with Gasteiger partial charge in [-0.3, -0.25) is 19.2 Å². The van der Waals surface area contributed by atoms with Crippen molar-refractivity contribution in [1.29, 1.82) is 0 Å². The van der Waals surface area contributed by atoms with Crippen LogP contribution in [0.2, 0.25) is 0 Å². The highest BCUT2D eigenvalue weighted by molar-refractivity contribution is 5.93. The molecule has 0 rings (SSSR count). The van der Waals surface area contributed by atoms with E-state index in [1.807, 2.05) is 13.8 Å². The lowest BCUT2D eigenvalue weighted by atomic mass is 10.0. The van der Waals surface area contributed by atoms with Crippen molar-refractivity contribution in [1.82, 2.24) is 16.0 Å². The highest BCUT2D eigenvalue weighted by Gasteiger charge is 2.28. The minimum Gasteiger partial charge on any atom is -0.480 e.